The molecule has 0 aliphatic carbocycles. The molecule has 4 aromatic carbocycles. The number of allylic oxidation sites excluding steroid dienone is 2. The fourth-order valence-corrected chi connectivity index (χ4v) is 3.47. The molecule has 31 heavy (non-hydrogen) atoms. The van der Waals surface area contributed by atoms with Gasteiger partial charge in [-0.2, -0.15) is 0 Å². The highest BCUT2D eigenvalue weighted by atomic mass is 16.5. The second-order valence-corrected chi connectivity index (χ2v) is 7.63. The molecule has 0 fully saturated rings. The Morgan fingerprint density at radius 1 is 0.484 bits per heavy atom. The van der Waals surface area contributed by atoms with Gasteiger partial charge in [0, 0.05) is 0 Å². The molecule has 0 bridgehead atoms. The monoisotopic (exact) mass is 402 g/mol. The molecule has 0 saturated heterocycles. The van der Waals surface area contributed by atoms with Crippen LogP contribution in [0.15, 0.2) is 109 Å². The molecular formula is C30H26O. The molecule has 0 heterocycles. The molecule has 0 saturated carbocycles. The Balaban J connectivity index is 1.42. The maximum atomic E-state index is 6.05. The van der Waals surface area contributed by atoms with E-state index in [1.165, 1.54) is 33.4 Å². The maximum Gasteiger partial charge on any atom is 0.127 e. The Kier molecular flexibility index (Phi) is 6.44. The SMILES string of the molecule is C/C(=C\c1ccccc1)c1ccc(Oc2ccc(/C(C)=C/c3ccccc3)cc2)cc1. The summed E-state index contributed by atoms with van der Waals surface area (Å²) in [5, 5.41) is 0. The number of benzene rings is 4. The average Bonchev–Trinajstić information content (AvgIpc) is 2.81. The van der Waals surface area contributed by atoms with E-state index in [-0.39, 0.29) is 0 Å². The third-order valence-electron chi connectivity index (χ3n) is 5.22. The number of rotatable bonds is 6. The van der Waals surface area contributed by atoms with Gasteiger partial charge in [-0.25, -0.2) is 0 Å². The summed E-state index contributed by atoms with van der Waals surface area (Å²) in [5.41, 5.74) is 7.24. The largest absolute Gasteiger partial charge is 0.457 e. The van der Waals surface area contributed by atoms with Gasteiger partial charge in [-0.1, -0.05) is 97.1 Å². The van der Waals surface area contributed by atoms with Crippen LogP contribution >= 0.6 is 0 Å². The van der Waals surface area contributed by atoms with Crippen LogP contribution in [0.1, 0.15) is 36.1 Å². The lowest BCUT2D eigenvalue weighted by atomic mass is 10.0. The van der Waals surface area contributed by atoms with E-state index in [2.05, 4.69) is 98.8 Å². The lowest BCUT2D eigenvalue weighted by Crippen LogP contribution is -1.87. The van der Waals surface area contributed by atoms with Crippen molar-refractivity contribution in [3.05, 3.63) is 131 Å². The van der Waals surface area contributed by atoms with E-state index in [0.29, 0.717) is 0 Å². The van der Waals surface area contributed by atoms with Gasteiger partial charge in [-0.05, 0) is 71.5 Å². The Bertz CT molecular complexity index is 1070. The van der Waals surface area contributed by atoms with Crippen molar-refractivity contribution >= 4 is 23.3 Å². The van der Waals surface area contributed by atoms with Gasteiger partial charge < -0.3 is 4.74 Å². The highest BCUT2D eigenvalue weighted by molar-refractivity contribution is 5.81. The lowest BCUT2D eigenvalue weighted by Gasteiger charge is -2.09. The molecule has 0 aliphatic rings. The van der Waals surface area contributed by atoms with Crippen molar-refractivity contribution in [1.82, 2.24) is 0 Å². The van der Waals surface area contributed by atoms with Crippen LogP contribution in [0.2, 0.25) is 0 Å². The summed E-state index contributed by atoms with van der Waals surface area (Å²) in [6.07, 6.45) is 4.39. The van der Waals surface area contributed by atoms with Crippen LogP contribution in [0, 0.1) is 0 Å². The highest BCUT2D eigenvalue weighted by Crippen LogP contribution is 2.26. The molecule has 1 heteroatoms. The quantitative estimate of drug-likeness (QED) is 0.293. The van der Waals surface area contributed by atoms with Crippen LogP contribution in [0.3, 0.4) is 0 Å². The first-order valence-electron chi connectivity index (χ1n) is 10.5. The lowest BCUT2D eigenvalue weighted by molar-refractivity contribution is 0.482. The molecule has 1 nitrogen and oxygen atoms in total. The summed E-state index contributed by atoms with van der Waals surface area (Å²) >= 11 is 0. The van der Waals surface area contributed by atoms with Crippen molar-refractivity contribution in [2.75, 3.05) is 0 Å². The van der Waals surface area contributed by atoms with E-state index < -0.39 is 0 Å². The standard InChI is InChI=1S/C30H26O/c1-23(21-25-9-5-3-6-10-25)27-13-17-29(18-14-27)31-30-19-15-28(16-20-30)24(2)22-26-11-7-4-8-12-26/h3-22H,1-2H3/b23-21+,24-22+. The molecule has 0 aliphatic heterocycles. The highest BCUT2D eigenvalue weighted by Gasteiger charge is 2.02. The van der Waals surface area contributed by atoms with Crippen LogP contribution in [0.5, 0.6) is 11.5 Å². The van der Waals surface area contributed by atoms with E-state index >= 15 is 0 Å². The van der Waals surface area contributed by atoms with Crippen molar-refractivity contribution < 1.29 is 4.74 Å². The summed E-state index contributed by atoms with van der Waals surface area (Å²) in [6, 6.07) is 37.2. The third-order valence-corrected chi connectivity index (χ3v) is 5.22. The molecule has 152 valence electrons. The van der Waals surface area contributed by atoms with Crippen LogP contribution in [-0.2, 0) is 0 Å². The van der Waals surface area contributed by atoms with Crippen molar-refractivity contribution in [3.63, 3.8) is 0 Å². The average molecular weight is 403 g/mol. The van der Waals surface area contributed by atoms with Gasteiger partial charge >= 0.3 is 0 Å². The van der Waals surface area contributed by atoms with Gasteiger partial charge in [-0.3, -0.25) is 0 Å². The Morgan fingerprint density at radius 3 is 1.19 bits per heavy atom. The van der Waals surface area contributed by atoms with Gasteiger partial charge in [0.2, 0.25) is 0 Å². The molecule has 0 atom stereocenters. The first-order valence-corrected chi connectivity index (χ1v) is 10.5. The number of hydrogen-bond donors (Lipinski definition) is 0. The van der Waals surface area contributed by atoms with E-state index in [1.807, 2.05) is 36.4 Å². The van der Waals surface area contributed by atoms with E-state index in [9.17, 15) is 0 Å². The summed E-state index contributed by atoms with van der Waals surface area (Å²) in [4.78, 5) is 0. The minimum absolute atomic E-state index is 0.834. The Morgan fingerprint density at radius 2 is 0.839 bits per heavy atom. The molecule has 4 rings (SSSR count). The summed E-state index contributed by atoms with van der Waals surface area (Å²) in [7, 11) is 0. The molecule has 4 aromatic rings. The first kappa shape index (κ1) is 20.4. The second-order valence-electron chi connectivity index (χ2n) is 7.63. The van der Waals surface area contributed by atoms with Crippen molar-refractivity contribution in [2.45, 2.75) is 13.8 Å². The zero-order valence-corrected chi connectivity index (χ0v) is 18.0. The second kappa shape index (κ2) is 9.77. The summed E-state index contributed by atoms with van der Waals surface area (Å²) < 4.78 is 6.05. The molecule has 0 amide bonds. The van der Waals surface area contributed by atoms with Gasteiger partial charge in [0.25, 0.3) is 0 Å². The minimum atomic E-state index is 0.834. The van der Waals surface area contributed by atoms with Crippen molar-refractivity contribution in [2.24, 2.45) is 0 Å². The summed E-state index contributed by atoms with van der Waals surface area (Å²) in [6.45, 7) is 4.26. The third kappa shape index (κ3) is 5.61. The molecule has 0 unspecified atom stereocenters. The van der Waals surface area contributed by atoms with Gasteiger partial charge in [-0.15, -0.1) is 0 Å². The predicted octanol–water partition coefficient (Wildman–Crippen LogP) is 8.60. The van der Waals surface area contributed by atoms with Gasteiger partial charge in [0.15, 0.2) is 0 Å². The topological polar surface area (TPSA) is 9.23 Å². The van der Waals surface area contributed by atoms with Crippen LogP contribution in [-0.4, -0.2) is 0 Å². The smallest absolute Gasteiger partial charge is 0.127 e. The first-order chi connectivity index (χ1) is 15.2. The summed E-state index contributed by atoms with van der Waals surface area (Å²) in [5.74, 6) is 1.67. The van der Waals surface area contributed by atoms with Crippen molar-refractivity contribution in [1.29, 1.82) is 0 Å². The zero-order chi connectivity index (χ0) is 21.5. The van der Waals surface area contributed by atoms with Gasteiger partial charge in [0.1, 0.15) is 11.5 Å². The zero-order valence-electron chi connectivity index (χ0n) is 18.0. The molecule has 0 spiro atoms. The Hall–Kier alpha value is -3.84. The maximum absolute atomic E-state index is 6.05. The van der Waals surface area contributed by atoms with Gasteiger partial charge in [0.05, 0.1) is 0 Å². The molecule has 0 N–H and O–H groups in total. The van der Waals surface area contributed by atoms with Crippen LogP contribution in [0.4, 0.5) is 0 Å². The fourth-order valence-electron chi connectivity index (χ4n) is 3.47. The predicted molar refractivity (Wildman–Crippen MR) is 133 cm³/mol. The molecular weight excluding hydrogens is 376 g/mol. The number of hydrogen-bond acceptors (Lipinski definition) is 1. The number of ether oxygens (including phenoxy) is 1. The van der Waals surface area contributed by atoms with E-state index in [0.717, 1.165) is 11.5 Å². The normalized spacial score (nSPS) is 11.9. The Labute approximate surface area is 185 Å². The minimum Gasteiger partial charge on any atom is -0.457 e. The van der Waals surface area contributed by atoms with E-state index in [4.69, 9.17) is 4.74 Å². The molecule has 0 aromatic heterocycles. The van der Waals surface area contributed by atoms with E-state index in [1.54, 1.807) is 0 Å². The fraction of sp³-hybridized carbons (Fsp3) is 0.0667. The van der Waals surface area contributed by atoms with Crippen molar-refractivity contribution in [3.8, 4) is 11.5 Å². The van der Waals surface area contributed by atoms with Crippen LogP contribution in [0.25, 0.3) is 23.3 Å². The van der Waals surface area contributed by atoms with Crippen LogP contribution < -0.4 is 4.74 Å². The molecule has 0 radical (unpaired) electrons.